The van der Waals surface area contributed by atoms with Crippen molar-refractivity contribution in [1.29, 1.82) is 0 Å². The number of anilines is 2. The maximum absolute atomic E-state index is 12.0. The summed E-state index contributed by atoms with van der Waals surface area (Å²) in [4.78, 5) is 24.7. The molecule has 0 aliphatic rings. The van der Waals surface area contributed by atoms with Gasteiger partial charge in [0.2, 0.25) is 5.95 Å². The van der Waals surface area contributed by atoms with E-state index in [2.05, 4.69) is 21.8 Å². The van der Waals surface area contributed by atoms with Crippen molar-refractivity contribution in [1.82, 2.24) is 14.9 Å². The van der Waals surface area contributed by atoms with Crippen molar-refractivity contribution < 1.29 is 4.79 Å². The Balaban J connectivity index is 1.85. The zero-order chi connectivity index (χ0) is 18.7. The van der Waals surface area contributed by atoms with Crippen molar-refractivity contribution in [3.8, 4) is 0 Å². The summed E-state index contributed by atoms with van der Waals surface area (Å²) in [6.45, 7) is 3.44. The first kappa shape index (κ1) is 17.7. The van der Waals surface area contributed by atoms with Crippen LogP contribution < -0.4 is 10.6 Å². The van der Waals surface area contributed by atoms with Crippen LogP contribution in [0.25, 0.3) is 10.9 Å². The minimum Gasteiger partial charge on any atom is -0.383 e. The highest BCUT2D eigenvalue weighted by Gasteiger charge is 2.13. The Hall–Kier alpha value is -3.15. The van der Waals surface area contributed by atoms with Gasteiger partial charge < -0.3 is 15.5 Å². The van der Waals surface area contributed by atoms with Gasteiger partial charge >= 0.3 is 0 Å². The Bertz CT molecular complexity index is 921. The number of nitrogens with two attached hydrogens (primary N) is 1. The Morgan fingerprint density at radius 2 is 1.73 bits per heavy atom. The quantitative estimate of drug-likeness (QED) is 0.766. The fraction of sp³-hybridized carbons (Fsp3) is 0.250. The van der Waals surface area contributed by atoms with Crippen LogP contribution in [0.4, 0.5) is 11.8 Å². The molecule has 1 aromatic heterocycles. The molecule has 1 amide bonds. The number of carbonyl (C=O) groups is 1. The third-order valence-electron chi connectivity index (χ3n) is 4.27. The summed E-state index contributed by atoms with van der Waals surface area (Å²) in [6, 6.07) is 15.3. The Morgan fingerprint density at radius 3 is 2.38 bits per heavy atom. The van der Waals surface area contributed by atoms with E-state index in [1.54, 1.807) is 19.0 Å². The summed E-state index contributed by atoms with van der Waals surface area (Å²) in [6.07, 6.45) is 0. The molecule has 0 radical (unpaired) electrons. The first-order valence-corrected chi connectivity index (χ1v) is 8.57. The fourth-order valence-electron chi connectivity index (χ4n) is 2.79. The van der Waals surface area contributed by atoms with Gasteiger partial charge in [-0.25, -0.2) is 4.98 Å². The van der Waals surface area contributed by atoms with Crippen molar-refractivity contribution in [3.05, 3.63) is 59.7 Å². The minimum atomic E-state index is -0.00506. The van der Waals surface area contributed by atoms with Gasteiger partial charge in [-0.1, -0.05) is 24.3 Å². The summed E-state index contributed by atoms with van der Waals surface area (Å²) in [5.41, 5.74) is 8.69. The molecule has 6 nitrogen and oxygen atoms in total. The second kappa shape index (κ2) is 7.39. The van der Waals surface area contributed by atoms with Crippen molar-refractivity contribution >= 4 is 28.6 Å². The van der Waals surface area contributed by atoms with Crippen LogP contribution in [0.5, 0.6) is 0 Å². The third-order valence-corrected chi connectivity index (χ3v) is 4.27. The van der Waals surface area contributed by atoms with E-state index in [-0.39, 0.29) is 5.91 Å². The maximum atomic E-state index is 12.0. The van der Waals surface area contributed by atoms with Crippen LogP contribution in [0.15, 0.2) is 48.5 Å². The molecular weight excluding hydrogens is 326 g/mol. The van der Waals surface area contributed by atoms with Crippen LogP contribution >= 0.6 is 0 Å². The van der Waals surface area contributed by atoms with Crippen LogP contribution in [0, 0.1) is 0 Å². The van der Waals surface area contributed by atoms with Crippen LogP contribution in [0.1, 0.15) is 22.8 Å². The molecule has 0 unspecified atom stereocenters. The largest absolute Gasteiger partial charge is 0.383 e. The molecule has 0 spiro atoms. The number of rotatable bonds is 5. The molecule has 0 saturated carbocycles. The molecule has 26 heavy (non-hydrogen) atoms. The molecular formula is C20H23N5O. The van der Waals surface area contributed by atoms with Gasteiger partial charge in [0.25, 0.3) is 5.91 Å². The summed E-state index contributed by atoms with van der Waals surface area (Å²) in [7, 11) is 3.49. The first-order valence-electron chi connectivity index (χ1n) is 8.57. The number of carbonyl (C=O) groups excluding carboxylic acids is 1. The molecule has 3 aromatic rings. The lowest BCUT2D eigenvalue weighted by molar-refractivity contribution is 0.0827. The second-order valence-corrected chi connectivity index (χ2v) is 6.34. The molecule has 0 bridgehead atoms. The van der Waals surface area contributed by atoms with Gasteiger partial charge in [0.15, 0.2) is 0 Å². The lowest BCUT2D eigenvalue weighted by Gasteiger charge is -2.22. The van der Waals surface area contributed by atoms with Crippen molar-refractivity contribution in [2.45, 2.75) is 13.5 Å². The van der Waals surface area contributed by atoms with Crippen LogP contribution in [0.3, 0.4) is 0 Å². The number of para-hydroxylation sites is 1. The van der Waals surface area contributed by atoms with Crippen molar-refractivity contribution in [2.24, 2.45) is 0 Å². The number of nitrogens with zero attached hydrogens (tertiary/aromatic N) is 4. The van der Waals surface area contributed by atoms with E-state index in [0.29, 0.717) is 23.9 Å². The van der Waals surface area contributed by atoms with E-state index in [1.807, 2.05) is 48.5 Å². The standard InChI is InChI=1S/C20H23N5O/c1-4-25(13-14-9-11-15(12-10-14)19(26)24(2)3)20-22-17-8-6-5-7-16(17)18(21)23-20/h5-12H,4,13H2,1-3H3,(H2,21,22,23). The van der Waals surface area contributed by atoms with Gasteiger partial charge in [-0.2, -0.15) is 4.98 Å². The van der Waals surface area contributed by atoms with Gasteiger partial charge in [0.1, 0.15) is 5.82 Å². The molecule has 134 valence electrons. The average molecular weight is 349 g/mol. The normalized spacial score (nSPS) is 10.7. The van der Waals surface area contributed by atoms with Gasteiger partial charge in [0, 0.05) is 38.1 Å². The highest BCUT2D eigenvalue weighted by atomic mass is 16.2. The Kier molecular flexibility index (Phi) is 5.02. The van der Waals surface area contributed by atoms with E-state index in [0.717, 1.165) is 23.0 Å². The number of aromatic nitrogens is 2. The summed E-state index contributed by atoms with van der Waals surface area (Å²) < 4.78 is 0. The zero-order valence-corrected chi connectivity index (χ0v) is 15.3. The average Bonchev–Trinajstić information content (AvgIpc) is 2.66. The van der Waals surface area contributed by atoms with Gasteiger partial charge in [-0.3, -0.25) is 4.79 Å². The smallest absolute Gasteiger partial charge is 0.253 e. The van der Waals surface area contributed by atoms with E-state index in [1.165, 1.54) is 0 Å². The topological polar surface area (TPSA) is 75.4 Å². The number of benzene rings is 2. The zero-order valence-electron chi connectivity index (χ0n) is 15.3. The Labute approximate surface area is 153 Å². The predicted octanol–water partition coefficient (Wildman–Crippen LogP) is 2.94. The molecule has 0 fully saturated rings. The molecule has 0 aliphatic heterocycles. The molecule has 6 heteroatoms. The van der Waals surface area contributed by atoms with Gasteiger partial charge in [-0.05, 0) is 36.8 Å². The lowest BCUT2D eigenvalue weighted by Crippen LogP contribution is -2.25. The monoisotopic (exact) mass is 349 g/mol. The van der Waals surface area contributed by atoms with Gasteiger partial charge in [0.05, 0.1) is 5.52 Å². The van der Waals surface area contributed by atoms with Crippen LogP contribution in [0.2, 0.25) is 0 Å². The molecule has 3 rings (SSSR count). The number of hydrogen-bond donors (Lipinski definition) is 1. The highest BCUT2D eigenvalue weighted by molar-refractivity contribution is 5.93. The summed E-state index contributed by atoms with van der Waals surface area (Å²) in [5.74, 6) is 1.09. The van der Waals surface area contributed by atoms with E-state index >= 15 is 0 Å². The third kappa shape index (κ3) is 3.59. The summed E-state index contributed by atoms with van der Waals surface area (Å²) >= 11 is 0. The SMILES string of the molecule is CCN(Cc1ccc(C(=O)N(C)C)cc1)c1nc(N)c2ccccc2n1. The molecule has 0 atom stereocenters. The van der Waals surface area contributed by atoms with E-state index in [4.69, 9.17) is 5.73 Å². The molecule has 0 aliphatic carbocycles. The number of nitrogen functional groups attached to an aromatic ring is 1. The van der Waals surface area contributed by atoms with Crippen LogP contribution in [-0.4, -0.2) is 41.4 Å². The maximum Gasteiger partial charge on any atom is 0.253 e. The number of fused-ring (bicyclic) bond motifs is 1. The molecule has 2 N–H and O–H groups in total. The molecule has 0 saturated heterocycles. The van der Waals surface area contributed by atoms with Crippen LogP contribution in [-0.2, 0) is 6.54 Å². The van der Waals surface area contributed by atoms with Gasteiger partial charge in [-0.15, -0.1) is 0 Å². The lowest BCUT2D eigenvalue weighted by atomic mass is 10.1. The van der Waals surface area contributed by atoms with Crippen molar-refractivity contribution in [3.63, 3.8) is 0 Å². The highest BCUT2D eigenvalue weighted by Crippen LogP contribution is 2.22. The van der Waals surface area contributed by atoms with E-state index in [9.17, 15) is 4.79 Å². The predicted molar refractivity (Wildman–Crippen MR) is 105 cm³/mol. The Morgan fingerprint density at radius 1 is 1.04 bits per heavy atom. The van der Waals surface area contributed by atoms with E-state index < -0.39 is 0 Å². The number of amides is 1. The molecule has 2 aromatic carbocycles. The van der Waals surface area contributed by atoms with Crippen molar-refractivity contribution in [2.75, 3.05) is 31.3 Å². The second-order valence-electron chi connectivity index (χ2n) is 6.34. The fourth-order valence-corrected chi connectivity index (χ4v) is 2.79. The molecule has 1 heterocycles. The summed E-state index contributed by atoms with van der Waals surface area (Å²) in [5, 5.41) is 0.860. The first-order chi connectivity index (χ1) is 12.5. The number of hydrogen-bond acceptors (Lipinski definition) is 5. The minimum absolute atomic E-state index is 0.00506.